The molecular formula is C21H16ClNO7S. The van der Waals surface area contributed by atoms with E-state index >= 15 is 0 Å². The molecule has 1 heterocycles. The first-order valence-corrected chi connectivity index (χ1v) is 10.0. The van der Waals surface area contributed by atoms with Crippen molar-refractivity contribution >= 4 is 52.5 Å². The molecule has 0 radical (unpaired) electrons. The highest BCUT2D eigenvalue weighted by Gasteiger charge is 2.37. The van der Waals surface area contributed by atoms with E-state index in [-0.39, 0.29) is 27.0 Å². The molecule has 0 N–H and O–H groups in total. The third-order valence-electron chi connectivity index (χ3n) is 4.19. The van der Waals surface area contributed by atoms with Crippen LogP contribution in [-0.2, 0) is 14.3 Å². The Balaban J connectivity index is 1.95. The standard InChI is InChI=1S/C21H16ClNO7S/c1-28-15-9-5-6-12(18(15)30-20(26)13-7-3-4-8-14(13)22)10-16-19(25)23(21(27)31-16)11-17(24)29-2/h3-10H,11H2,1-2H3/b16-10+. The van der Waals surface area contributed by atoms with Crippen molar-refractivity contribution < 1.29 is 33.4 Å². The minimum Gasteiger partial charge on any atom is -0.493 e. The molecule has 3 rings (SSSR count). The summed E-state index contributed by atoms with van der Waals surface area (Å²) in [6, 6.07) is 11.2. The molecule has 31 heavy (non-hydrogen) atoms. The molecule has 1 aliphatic heterocycles. The van der Waals surface area contributed by atoms with E-state index in [1.54, 1.807) is 36.4 Å². The van der Waals surface area contributed by atoms with Crippen molar-refractivity contribution in [2.45, 2.75) is 0 Å². The highest BCUT2D eigenvalue weighted by Crippen LogP contribution is 2.38. The van der Waals surface area contributed by atoms with Crippen LogP contribution in [0, 0.1) is 0 Å². The zero-order valence-corrected chi connectivity index (χ0v) is 18.0. The smallest absolute Gasteiger partial charge is 0.345 e. The Morgan fingerprint density at radius 2 is 1.84 bits per heavy atom. The van der Waals surface area contributed by atoms with E-state index in [2.05, 4.69) is 4.74 Å². The van der Waals surface area contributed by atoms with Crippen LogP contribution in [0.2, 0.25) is 5.02 Å². The molecule has 1 aliphatic rings. The van der Waals surface area contributed by atoms with Gasteiger partial charge in [0.15, 0.2) is 11.5 Å². The van der Waals surface area contributed by atoms with Gasteiger partial charge in [-0.3, -0.25) is 19.3 Å². The molecule has 0 spiro atoms. The summed E-state index contributed by atoms with van der Waals surface area (Å²) < 4.78 is 15.3. The Kier molecular flexibility index (Phi) is 6.98. The second-order valence-electron chi connectivity index (χ2n) is 6.09. The molecule has 0 bridgehead atoms. The molecule has 2 amide bonds. The lowest BCUT2D eigenvalue weighted by molar-refractivity contribution is -0.143. The van der Waals surface area contributed by atoms with E-state index < -0.39 is 29.6 Å². The van der Waals surface area contributed by atoms with Gasteiger partial charge in [-0.15, -0.1) is 0 Å². The van der Waals surface area contributed by atoms with Gasteiger partial charge in [0.1, 0.15) is 6.54 Å². The molecule has 160 valence electrons. The number of imide groups is 1. The second-order valence-corrected chi connectivity index (χ2v) is 7.49. The number of carbonyl (C=O) groups excluding carboxylic acids is 4. The molecule has 0 saturated carbocycles. The average Bonchev–Trinajstić information content (AvgIpc) is 3.02. The van der Waals surface area contributed by atoms with E-state index in [9.17, 15) is 19.2 Å². The first-order chi connectivity index (χ1) is 14.8. The van der Waals surface area contributed by atoms with E-state index in [0.717, 1.165) is 12.0 Å². The fourth-order valence-corrected chi connectivity index (χ4v) is 3.70. The third kappa shape index (κ3) is 4.89. The fraction of sp³-hybridized carbons (Fsp3) is 0.143. The molecule has 2 aromatic rings. The summed E-state index contributed by atoms with van der Waals surface area (Å²) in [7, 11) is 2.56. The van der Waals surface area contributed by atoms with Crippen LogP contribution in [0.1, 0.15) is 15.9 Å². The van der Waals surface area contributed by atoms with Crippen molar-refractivity contribution in [2.75, 3.05) is 20.8 Å². The number of ether oxygens (including phenoxy) is 3. The molecule has 1 fully saturated rings. The lowest BCUT2D eigenvalue weighted by atomic mass is 10.1. The summed E-state index contributed by atoms with van der Waals surface area (Å²) in [5.41, 5.74) is 0.475. The SMILES string of the molecule is COC(=O)CN1C(=O)S/C(=C/c2cccc(OC)c2OC(=O)c2ccccc2Cl)C1=O. The minimum atomic E-state index is -0.723. The van der Waals surface area contributed by atoms with Gasteiger partial charge in [-0.1, -0.05) is 35.9 Å². The maximum Gasteiger partial charge on any atom is 0.345 e. The minimum absolute atomic E-state index is 0.0506. The van der Waals surface area contributed by atoms with Crippen molar-refractivity contribution in [2.24, 2.45) is 0 Å². The van der Waals surface area contributed by atoms with Gasteiger partial charge in [0.25, 0.3) is 11.1 Å². The molecule has 0 atom stereocenters. The molecule has 0 aromatic heterocycles. The van der Waals surface area contributed by atoms with Crippen molar-refractivity contribution in [1.29, 1.82) is 0 Å². The van der Waals surface area contributed by atoms with Crippen molar-refractivity contribution in [3.63, 3.8) is 0 Å². The van der Waals surface area contributed by atoms with Crippen molar-refractivity contribution in [1.82, 2.24) is 4.90 Å². The normalized spacial score (nSPS) is 14.7. The highest BCUT2D eigenvalue weighted by molar-refractivity contribution is 8.18. The maximum atomic E-state index is 12.6. The van der Waals surface area contributed by atoms with Crippen molar-refractivity contribution in [3.05, 3.63) is 63.5 Å². The van der Waals surface area contributed by atoms with E-state index in [0.29, 0.717) is 17.3 Å². The number of amides is 2. The van der Waals surface area contributed by atoms with Gasteiger partial charge in [-0.05, 0) is 36.0 Å². The van der Waals surface area contributed by atoms with Gasteiger partial charge in [0, 0.05) is 5.56 Å². The Bertz CT molecular complexity index is 1100. The number of esters is 2. The van der Waals surface area contributed by atoms with Gasteiger partial charge in [0.05, 0.1) is 29.7 Å². The number of hydrogen-bond acceptors (Lipinski definition) is 8. The summed E-state index contributed by atoms with van der Waals surface area (Å²) in [4.78, 5) is 49.7. The van der Waals surface area contributed by atoms with E-state index in [1.807, 2.05) is 0 Å². The predicted molar refractivity (Wildman–Crippen MR) is 114 cm³/mol. The Morgan fingerprint density at radius 3 is 2.52 bits per heavy atom. The Morgan fingerprint density at radius 1 is 1.10 bits per heavy atom. The molecule has 8 nitrogen and oxygen atoms in total. The van der Waals surface area contributed by atoms with Crippen LogP contribution in [-0.4, -0.2) is 48.7 Å². The fourth-order valence-electron chi connectivity index (χ4n) is 2.66. The topological polar surface area (TPSA) is 99.2 Å². The average molecular weight is 462 g/mol. The first-order valence-electron chi connectivity index (χ1n) is 8.81. The van der Waals surface area contributed by atoms with Gasteiger partial charge in [0.2, 0.25) is 0 Å². The van der Waals surface area contributed by atoms with Gasteiger partial charge >= 0.3 is 11.9 Å². The number of methoxy groups -OCH3 is 2. The number of benzene rings is 2. The molecule has 10 heteroatoms. The maximum absolute atomic E-state index is 12.6. The number of halogens is 1. The third-order valence-corrected chi connectivity index (χ3v) is 5.43. The molecular weight excluding hydrogens is 446 g/mol. The number of rotatable bonds is 6. The number of hydrogen-bond donors (Lipinski definition) is 0. The number of thioether (sulfide) groups is 1. The largest absolute Gasteiger partial charge is 0.493 e. The zero-order chi connectivity index (χ0) is 22.5. The van der Waals surface area contributed by atoms with E-state index in [1.165, 1.54) is 19.3 Å². The van der Waals surface area contributed by atoms with Crippen LogP contribution in [0.25, 0.3) is 6.08 Å². The second kappa shape index (κ2) is 9.67. The summed E-state index contributed by atoms with van der Waals surface area (Å²) in [5.74, 6) is -1.81. The quantitative estimate of drug-likeness (QED) is 0.364. The molecule has 0 aliphatic carbocycles. The van der Waals surface area contributed by atoms with Crippen LogP contribution in [0.15, 0.2) is 47.4 Å². The highest BCUT2D eigenvalue weighted by atomic mass is 35.5. The summed E-state index contributed by atoms with van der Waals surface area (Å²) >= 11 is 6.73. The lowest BCUT2D eigenvalue weighted by Gasteiger charge is -2.13. The first kappa shape index (κ1) is 22.4. The van der Waals surface area contributed by atoms with Gasteiger partial charge < -0.3 is 14.2 Å². The van der Waals surface area contributed by atoms with Crippen LogP contribution >= 0.6 is 23.4 Å². The van der Waals surface area contributed by atoms with Gasteiger partial charge in [-0.25, -0.2) is 4.79 Å². The predicted octanol–water partition coefficient (Wildman–Crippen LogP) is 3.78. The van der Waals surface area contributed by atoms with Crippen LogP contribution in [0.3, 0.4) is 0 Å². The van der Waals surface area contributed by atoms with Crippen LogP contribution in [0.4, 0.5) is 4.79 Å². The summed E-state index contributed by atoms with van der Waals surface area (Å²) in [6.07, 6.45) is 1.39. The Hall–Kier alpha value is -3.30. The lowest BCUT2D eigenvalue weighted by Crippen LogP contribution is -2.34. The van der Waals surface area contributed by atoms with Crippen LogP contribution < -0.4 is 9.47 Å². The number of para-hydroxylation sites is 1. The molecule has 2 aromatic carbocycles. The Labute approximate surface area is 186 Å². The van der Waals surface area contributed by atoms with Crippen molar-refractivity contribution in [3.8, 4) is 11.5 Å². The van der Waals surface area contributed by atoms with E-state index in [4.69, 9.17) is 21.1 Å². The summed E-state index contributed by atoms with van der Waals surface area (Å²) in [6.45, 7) is -0.495. The molecule has 0 unspecified atom stereocenters. The molecule has 1 saturated heterocycles. The number of carbonyl (C=O) groups is 4. The zero-order valence-electron chi connectivity index (χ0n) is 16.4. The summed E-state index contributed by atoms with van der Waals surface area (Å²) in [5, 5.41) is -0.396. The van der Waals surface area contributed by atoms with Gasteiger partial charge in [-0.2, -0.15) is 0 Å². The monoisotopic (exact) mass is 461 g/mol. The number of nitrogens with zero attached hydrogens (tertiary/aromatic N) is 1. The van der Waals surface area contributed by atoms with Crippen LogP contribution in [0.5, 0.6) is 11.5 Å².